The first kappa shape index (κ1) is 18.7. The van der Waals surface area contributed by atoms with Crippen LogP contribution in [0.2, 0.25) is 0 Å². The maximum atomic E-state index is 12.1. The van der Waals surface area contributed by atoms with E-state index < -0.39 is 0 Å². The Balaban J connectivity index is 1.83. The highest BCUT2D eigenvalue weighted by molar-refractivity contribution is 9.09. The second-order valence-corrected chi connectivity index (χ2v) is 8.23. The number of halogens is 2. The molecular weight excluding hydrogens is 476 g/mol. The van der Waals surface area contributed by atoms with E-state index in [0.717, 1.165) is 24.0 Å². The van der Waals surface area contributed by atoms with Gasteiger partial charge in [0.25, 0.3) is 0 Å². The fourth-order valence-corrected chi connectivity index (χ4v) is 3.85. The number of fused-ring (bicyclic) bond motifs is 3. The number of Topliss-reactive ketones (excluding diaryl/α,β-unsaturated/α-hetero) is 2. The molecule has 1 fully saturated rings. The van der Waals surface area contributed by atoms with Crippen LogP contribution in [0, 0.1) is 5.41 Å². The van der Waals surface area contributed by atoms with Crippen LogP contribution in [0.1, 0.15) is 33.6 Å². The number of carbonyl (C=O) groups is 2. The molecule has 0 bridgehead atoms. The van der Waals surface area contributed by atoms with E-state index in [1.807, 2.05) is 24.3 Å². The van der Waals surface area contributed by atoms with Gasteiger partial charge in [-0.2, -0.15) is 0 Å². The zero-order valence-electron chi connectivity index (χ0n) is 14.6. The van der Waals surface area contributed by atoms with Crippen LogP contribution >= 0.6 is 31.9 Å². The number of hydrogen-bond donors (Lipinski definition) is 0. The maximum absolute atomic E-state index is 12.1. The molecule has 1 heterocycles. The van der Waals surface area contributed by atoms with Crippen molar-refractivity contribution >= 4 is 43.4 Å². The van der Waals surface area contributed by atoms with Gasteiger partial charge in [0.1, 0.15) is 11.5 Å². The summed E-state index contributed by atoms with van der Waals surface area (Å²) in [6.07, 6.45) is 2.11. The predicted octanol–water partition coefficient (Wildman–Crippen LogP) is 5.06. The minimum atomic E-state index is 0.0112. The number of rotatable bonds is 4. The molecular formula is C21H18Br2O4. The predicted molar refractivity (Wildman–Crippen MR) is 111 cm³/mol. The normalized spacial score (nSPS) is 16.7. The number of alkyl halides is 2. The summed E-state index contributed by atoms with van der Waals surface area (Å²) >= 11 is 6.45. The van der Waals surface area contributed by atoms with Gasteiger partial charge in [0.2, 0.25) is 0 Å². The summed E-state index contributed by atoms with van der Waals surface area (Å²) in [6, 6.07) is 11.0. The Kier molecular flexibility index (Phi) is 5.12. The molecule has 4 nitrogen and oxygen atoms in total. The van der Waals surface area contributed by atoms with Gasteiger partial charge in [0.15, 0.2) is 11.6 Å². The first-order valence-corrected chi connectivity index (χ1v) is 11.0. The zero-order valence-corrected chi connectivity index (χ0v) is 17.8. The molecule has 1 aliphatic heterocycles. The Labute approximate surface area is 174 Å². The molecule has 1 aliphatic carbocycles. The van der Waals surface area contributed by atoms with Crippen LogP contribution in [-0.4, -0.2) is 35.4 Å². The average Bonchev–Trinajstić information content (AvgIpc) is 3.48. The van der Waals surface area contributed by atoms with Crippen molar-refractivity contribution in [3.63, 3.8) is 0 Å². The third kappa shape index (κ3) is 3.69. The maximum Gasteiger partial charge on any atom is 0.173 e. The fraction of sp³-hybridized carbons (Fsp3) is 0.333. The van der Waals surface area contributed by atoms with E-state index in [9.17, 15) is 9.59 Å². The lowest BCUT2D eigenvalue weighted by atomic mass is 9.98. The molecule has 2 aromatic carbocycles. The van der Waals surface area contributed by atoms with Crippen LogP contribution in [0.25, 0.3) is 11.1 Å². The summed E-state index contributed by atoms with van der Waals surface area (Å²) < 4.78 is 12.3. The van der Waals surface area contributed by atoms with Crippen molar-refractivity contribution in [2.24, 2.45) is 5.41 Å². The van der Waals surface area contributed by atoms with Crippen LogP contribution in [0.5, 0.6) is 11.5 Å². The fourth-order valence-electron chi connectivity index (χ4n) is 3.20. The summed E-state index contributed by atoms with van der Waals surface area (Å²) in [4.78, 5) is 24.2. The highest BCUT2D eigenvalue weighted by Gasteiger charge is 2.45. The lowest BCUT2D eigenvalue weighted by Gasteiger charge is -2.16. The molecule has 0 atom stereocenters. The van der Waals surface area contributed by atoms with Crippen molar-refractivity contribution in [2.45, 2.75) is 12.8 Å². The van der Waals surface area contributed by atoms with Gasteiger partial charge in [-0.05, 0) is 37.1 Å². The second-order valence-electron chi connectivity index (χ2n) is 7.11. The smallest absolute Gasteiger partial charge is 0.173 e. The molecule has 0 amide bonds. The molecule has 4 rings (SSSR count). The highest BCUT2D eigenvalue weighted by Crippen LogP contribution is 2.49. The zero-order chi connectivity index (χ0) is 19.0. The van der Waals surface area contributed by atoms with Crippen molar-refractivity contribution in [2.75, 3.05) is 23.9 Å². The number of ether oxygens (including phenoxy) is 2. The van der Waals surface area contributed by atoms with E-state index in [4.69, 9.17) is 9.47 Å². The number of carbonyl (C=O) groups excluding carboxylic acids is 2. The van der Waals surface area contributed by atoms with Crippen LogP contribution in [0.4, 0.5) is 0 Å². The van der Waals surface area contributed by atoms with E-state index in [1.165, 1.54) is 0 Å². The van der Waals surface area contributed by atoms with Gasteiger partial charge in [-0.1, -0.05) is 44.0 Å². The SMILES string of the molecule is O=C(CBr)c1ccc2c(c1)OCC1(CC1)COc1cc(C(=O)CBr)ccc1-2. The van der Waals surface area contributed by atoms with Crippen LogP contribution in [0.3, 0.4) is 0 Å². The largest absolute Gasteiger partial charge is 0.492 e. The van der Waals surface area contributed by atoms with E-state index >= 15 is 0 Å². The van der Waals surface area contributed by atoms with Crippen molar-refractivity contribution in [3.05, 3.63) is 47.5 Å². The molecule has 1 spiro atoms. The van der Waals surface area contributed by atoms with Crippen LogP contribution in [0.15, 0.2) is 36.4 Å². The molecule has 0 unspecified atom stereocenters. The Morgan fingerprint density at radius 2 is 1.26 bits per heavy atom. The highest BCUT2D eigenvalue weighted by atomic mass is 79.9. The van der Waals surface area contributed by atoms with E-state index in [2.05, 4.69) is 31.9 Å². The molecule has 2 aromatic rings. The van der Waals surface area contributed by atoms with Gasteiger partial charge in [-0.15, -0.1) is 0 Å². The Morgan fingerprint density at radius 3 is 1.63 bits per heavy atom. The van der Waals surface area contributed by atoms with Gasteiger partial charge in [0, 0.05) is 27.7 Å². The van der Waals surface area contributed by atoms with E-state index in [0.29, 0.717) is 35.8 Å². The van der Waals surface area contributed by atoms with Crippen molar-refractivity contribution < 1.29 is 19.1 Å². The van der Waals surface area contributed by atoms with Gasteiger partial charge in [-0.25, -0.2) is 0 Å². The summed E-state index contributed by atoms with van der Waals surface area (Å²) in [5.41, 5.74) is 2.98. The molecule has 1 saturated carbocycles. The second kappa shape index (κ2) is 7.40. The topological polar surface area (TPSA) is 52.6 Å². The van der Waals surface area contributed by atoms with Crippen LogP contribution in [-0.2, 0) is 0 Å². The van der Waals surface area contributed by atoms with Gasteiger partial charge in [-0.3, -0.25) is 9.59 Å². The van der Waals surface area contributed by atoms with E-state index in [-0.39, 0.29) is 27.6 Å². The standard InChI is InChI=1S/C21H18Br2O4/c22-9-17(24)13-1-3-15-16-4-2-14(18(25)10-23)8-20(16)27-12-21(5-6-21)11-26-19(15)7-13/h1-4,7-8H,5-6,9-12H2. The first-order chi connectivity index (χ1) is 13.0. The Hall–Kier alpha value is -1.66. The molecule has 140 valence electrons. The summed E-state index contributed by atoms with van der Waals surface area (Å²) in [6.45, 7) is 1.13. The number of benzene rings is 2. The lowest BCUT2D eigenvalue weighted by molar-refractivity contribution is 0.101. The molecule has 0 saturated heterocycles. The molecule has 27 heavy (non-hydrogen) atoms. The average molecular weight is 494 g/mol. The number of hydrogen-bond acceptors (Lipinski definition) is 4. The minimum Gasteiger partial charge on any atom is -0.492 e. The van der Waals surface area contributed by atoms with Crippen molar-refractivity contribution in [1.82, 2.24) is 0 Å². The summed E-state index contributed by atoms with van der Waals surface area (Å²) in [5, 5.41) is 0.543. The lowest BCUT2D eigenvalue weighted by Crippen LogP contribution is -2.20. The Morgan fingerprint density at radius 1 is 0.815 bits per heavy atom. The van der Waals surface area contributed by atoms with Gasteiger partial charge in [0.05, 0.1) is 23.9 Å². The van der Waals surface area contributed by atoms with Crippen molar-refractivity contribution in [1.29, 1.82) is 0 Å². The molecule has 0 radical (unpaired) electrons. The van der Waals surface area contributed by atoms with E-state index in [1.54, 1.807) is 12.1 Å². The Bertz CT molecular complexity index is 847. The number of ketones is 2. The quantitative estimate of drug-likeness (QED) is 0.441. The third-order valence-electron chi connectivity index (χ3n) is 5.16. The van der Waals surface area contributed by atoms with Gasteiger partial charge < -0.3 is 9.47 Å². The first-order valence-electron chi connectivity index (χ1n) is 8.78. The minimum absolute atomic E-state index is 0.0112. The van der Waals surface area contributed by atoms with Crippen LogP contribution < -0.4 is 9.47 Å². The van der Waals surface area contributed by atoms with Gasteiger partial charge >= 0.3 is 0 Å². The monoisotopic (exact) mass is 492 g/mol. The van der Waals surface area contributed by atoms with Crippen molar-refractivity contribution in [3.8, 4) is 22.6 Å². The summed E-state index contributed by atoms with van der Waals surface area (Å²) in [7, 11) is 0. The summed E-state index contributed by atoms with van der Waals surface area (Å²) in [5.74, 6) is 1.38. The molecule has 0 aromatic heterocycles. The molecule has 2 aliphatic rings. The third-order valence-corrected chi connectivity index (χ3v) is 6.18. The molecule has 6 heteroatoms. The molecule has 0 N–H and O–H groups in total.